The van der Waals surface area contributed by atoms with E-state index in [0.29, 0.717) is 25.3 Å². The number of sulfonamides is 1. The smallest absolute Gasteiger partial charge is 0.214 e. The molecule has 0 spiro atoms. The van der Waals surface area contributed by atoms with E-state index in [-0.39, 0.29) is 17.2 Å². The summed E-state index contributed by atoms with van der Waals surface area (Å²) in [5.74, 6) is 0.741. The standard InChI is InChI=1S/C14H26N4O2S/c1-14(2,3)7-11-21(19,20)17-8-4-12(5-9-17)18-10-6-13(15)16-18/h6,10,12H,4-5,7-9,11H2,1-3H3,(H2,15,16). The van der Waals surface area contributed by atoms with Crippen molar-refractivity contribution in [2.75, 3.05) is 24.6 Å². The summed E-state index contributed by atoms with van der Waals surface area (Å²) in [4.78, 5) is 0. The van der Waals surface area contributed by atoms with Gasteiger partial charge >= 0.3 is 0 Å². The summed E-state index contributed by atoms with van der Waals surface area (Å²) in [5.41, 5.74) is 5.66. The van der Waals surface area contributed by atoms with E-state index in [9.17, 15) is 8.42 Å². The van der Waals surface area contributed by atoms with Crippen molar-refractivity contribution in [1.82, 2.24) is 14.1 Å². The normalized spacial score (nSPS) is 19.0. The van der Waals surface area contributed by atoms with Gasteiger partial charge in [0, 0.05) is 19.3 Å². The minimum atomic E-state index is -3.14. The Labute approximate surface area is 127 Å². The molecule has 1 aromatic rings. The second-order valence-corrected chi connectivity index (χ2v) is 9.07. The van der Waals surface area contributed by atoms with Gasteiger partial charge in [-0.15, -0.1) is 0 Å². The predicted molar refractivity (Wildman–Crippen MR) is 84.3 cm³/mol. The van der Waals surface area contributed by atoms with Gasteiger partial charge in [0.2, 0.25) is 10.0 Å². The van der Waals surface area contributed by atoms with Crippen LogP contribution in [0.2, 0.25) is 0 Å². The van der Waals surface area contributed by atoms with Crippen molar-refractivity contribution in [3.63, 3.8) is 0 Å². The highest BCUT2D eigenvalue weighted by atomic mass is 32.2. The molecule has 120 valence electrons. The molecule has 0 bridgehead atoms. The monoisotopic (exact) mass is 314 g/mol. The van der Waals surface area contributed by atoms with Crippen LogP contribution in [0.25, 0.3) is 0 Å². The summed E-state index contributed by atoms with van der Waals surface area (Å²) in [6.07, 6.45) is 4.13. The van der Waals surface area contributed by atoms with Crippen molar-refractivity contribution in [3.8, 4) is 0 Å². The summed E-state index contributed by atoms with van der Waals surface area (Å²) in [7, 11) is -3.14. The minimum absolute atomic E-state index is 0.0397. The number of hydrogen-bond acceptors (Lipinski definition) is 4. The first kappa shape index (κ1) is 16.3. The van der Waals surface area contributed by atoms with Gasteiger partial charge in [0.15, 0.2) is 0 Å². The summed E-state index contributed by atoms with van der Waals surface area (Å²) in [5, 5.41) is 4.22. The summed E-state index contributed by atoms with van der Waals surface area (Å²) in [6.45, 7) is 7.33. The Kier molecular flexibility index (Phi) is 4.63. The van der Waals surface area contributed by atoms with Gasteiger partial charge < -0.3 is 5.73 Å². The molecule has 2 N–H and O–H groups in total. The minimum Gasteiger partial charge on any atom is -0.382 e. The van der Waals surface area contributed by atoms with E-state index in [1.165, 1.54) is 0 Å². The predicted octanol–water partition coefficient (Wildman–Crippen LogP) is 1.87. The molecule has 1 aromatic heterocycles. The number of nitrogen functional groups attached to an aromatic ring is 1. The Bertz CT molecular complexity index is 566. The summed E-state index contributed by atoms with van der Waals surface area (Å²) in [6, 6.07) is 2.02. The lowest BCUT2D eigenvalue weighted by Crippen LogP contribution is -2.40. The highest BCUT2D eigenvalue weighted by molar-refractivity contribution is 7.89. The Morgan fingerprint density at radius 1 is 1.33 bits per heavy atom. The first-order valence-electron chi connectivity index (χ1n) is 7.46. The Hall–Kier alpha value is -1.08. The first-order valence-corrected chi connectivity index (χ1v) is 9.07. The van der Waals surface area contributed by atoms with Crippen LogP contribution in [0.5, 0.6) is 0 Å². The molecule has 1 saturated heterocycles. The van der Waals surface area contributed by atoms with Gasteiger partial charge in [0.05, 0.1) is 11.8 Å². The molecule has 1 aliphatic rings. The zero-order valence-electron chi connectivity index (χ0n) is 13.1. The van der Waals surface area contributed by atoms with E-state index in [2.05, 4.69) is 25.9 Å². The molecule has 0 radical (unpaired) electrons. The van der Waals surface area contributed by atoms with E-state index in [1.54, 1.807) is 10.4 Å². The molecule has 0 saturated carbocycles. The van der Waals surface area contributed by atoms with Gasteiger partial charge in [-0.3, -0.25) is 4.68 Å². The zero-order chi connectivity index (χ0) is 15.7. The van der Waals surface area contributed by atoms with Crippen LogP contribution >= 0.6 is 0 Å². The third-order valence-electron chi connectivity index (χ3n) is 3.93. The fourth-order valence-electron chi connectivity index (χ4n) is 2.51. The Morgan fingerprint density at radius 3 is 2.43 bits per heavy atom. The Morgan fingerprint density at radius 2 is 1.95 bits per heavy atom. The van der Waals surface area contributed by atoms with Crippen molar-refractivity contribution < 1.29 is 8.42 Å². The van der Waals surface area contributed by atoms with Crippen molar-refractivity contribution in [1.29, 1.82) is 0 Å². The lowest BCUT2D eigenvalue weighted by molar-refractivity contribution is 0.260. The molecule has 0 aromatic carbocycles. The maximum absolute atomic E-state index is 12.4. The Balaban J connectivity index is 1.91. The fourth-order valence-corrected chi connectivity index (χ4v) is 4.40. The van der Waals surface area contributed by atoms with Crippen LogP contribution in [0.1, 0.15) is 46.1 Å². The van der Waals surface area contributed by atoms with Crippen LogP contribution in [0.4, 0.5) is 5.82 Å². The highest BCUT2D eigenvalue weighted by Gasteiger charge is 2.29. The summed E-state index contributed by atoms with van der Waals surface area (Å²) < 4.78 is 28.2. The van der Waals surface area contributed by atoms with Crippen LogP contribution in [-0.4, -0.2) is 41.3 Å². The molecule has 1 fully saturated rings. The third-order valence-corrected chi connectivity index (χ3v) is 5.80. The van der Waals surface area contributed by atoms with E-state index in [4.69, 9.17) is 5.73 Å². The molecular weight excluding hydrogens is 288 g/mol. The number of nitrogens with two attached hydrogens (primary N) is 1. The number of aromatic nitrogens is 2. The number of nitrogens with zero attached hydrogens (tertiary/aromatic N) is 3. The van der Waals surface area contributed by atoms with Crippen molar-refractivity contribution in [2.24, 2.45) is 5.41 Å². The van der Waals surface area contributed by atoms with Crippen LogP contribution in [0, 0.1) is 5.41 Å². The highest BCUT2D eigenvalue weighted by Crippen LogP contribution is 2.26. The number of hydrogen-bond donors (Lipinski definition) is 1. The van der Waals surface area contributed by atoms with Crippen LogP contribution < -0.4 is 5.73 Å². The van der Waals surface area contributed by atoms with Crippen molar-refractivity contribution in [2.45, 2.75) is 46.1 Å². The lowest BCUT2D eigenvalue weighted by Gasteiger charge is -2.32. The molecule has 21 heavy (non-hydrogen) atoms. The average molecular weight is 314 g/mol. The molecule has 1 aliphatic heterocycles. The van der Waals surface area contributed by atoms with Gasteiger partial charge in [-0.25, -0.2) is 12.7 Å². The second-order valence-electron chi connectivity index (χ2n) is 6.98. The third kappa shape index (κ3) is 4.44. The van der Waals surface area contributed by atoms with E-state index >= 15 is 0 Å². The van der Waals surface area contributed by atoms with Gasteiger partial charge in [-0.1, -0.05) is 20.8 Å². The average Bonchev–Trinajstić information content (AvgIpc) is 2.83. The fraction of sp³-hybridized carbons (Fsp3) is 0.786. The number of piperidine rings is 1. The SMILES string of the molecule is CC(C)(C)CCS(=O)(=O)N1CCC(n2ccc(N)n2)CC1. The second kappa shape index (κ2) is 5.96. The van der Waals surface area contributed by atoms with Gasteiger partial charge in [0.25, 0.3) is 0 Å². The van der Waals surface area contributed by atoms with E-state index in [1.807, 2.05) is 10.9 Å². The topological polar surface area (TPSA) is 81.2 Å². The van der Waals surface area contributed by atoms with Crippen LogP contribution in [0.15, 0.2) is 12.3 Å². The molecule has 7 heteroatoms. The molecule has 2 heterocycles. The van der Waals surface area contributed by atoms with Crippen LogP contribution in [0.3, 0.4) is 0 Å². The van der Waals surface area contributed by atoms with Crippen molar-refractivity contribution >= 4 is 15.8 Å². The molecule has 2 rings (SSSR count). The molecule has 0 atom stereocenters. The largest absolute Gasteiger partial charge is 0.382 e. The van der Waals surface area contributed by atoms with E-state index in [0.717, 1.165) is 12.8 Å². The van der Waals surface area contributed by atoms with E-state index < -0.39 is 10.0 Å². The maximum atomic E-state index is 12.4. The maximum Gasteiger partial charge on any atom is 0.214 e. The lowest BCUT2D eigenvalue weighted by atomic mass is 9.94. The van der Waals surface area contributed by atoms with Crippen LogP contribution in [-0.2, 0) is 10.0 Å². The van der Waals surface area contributed by atoms with Gasteiger partial charge in [0.1, 0.15) is 5.82 Å². The first-order chi connectivity index (χ1) is 9.67. The molecule has 0 amide bonds. The van der Waals surface area contributed by atoms with Gasteiger partial charge in [-0.05, 0) is 30.7 Å². The molecule has 0 unspecified atom stereocenters. The number of rotatable bonds is 4. The van der Waals surface area contributed by atoms with Gasteiger partial charge in [-0.2, -0.15) is 5.10 Å². The van der Waals surface area contributed by atoms with Crippen molar-refractivity contribution in [3.05, 3.63) is 12.3 Å². The summed E-state index contributed by atoms with van der Waals surface area (Å²) >= 11 is 0. The quantitative estimate of drug-likeness (QED) is 0.920. The molecular formula is C14H26N4O2S. The molecule has 6 nitrogen and oxygen atoms in total. The number of anilines is 1. The molecule has 0 aliphatic carbocycles. The zero-order valence-corrected chi connectivity index (χ0v) is 13.9.